The quantitative estimate of drug-likeness (QED) is 0.473. The zero-order chi connectivity index (χ0) is 18.3. The normalized spacial score (nSPS) is 11.8. The van der Waals surface area contributed by atoms with Crippen LogP contribution in [-0.4, -0.2) is 56.6 Å². The highest BCUT2D eigenvalue weighted by molar-refractivity contribution is 7.99. The van der Waals surface area contributed by atoms with Crippen molar-refractivity contribution in [3.05, 3.63) is 5.82 Å². The molecule has 0 unspecified atom stereocenters. The second-order valence-electron chi connectivity index (χ2n) is 5.92. The average molecular weight is 359 g/mol. The fraction of sp³-hybridized carbons (Fsp3) is 0.812. The van der Waals surface area contributed by atoms with Gasteiger partial charge >= 0.3 is 0 Å². The first kappa shape index (κ1) is 20.9. The Labute approximate surface area is 149 Å². The van der Waals surface area contributed by atoms with Crippen LogP contribution >= 0.6 is 11.8 Å². The number of thioether (sulfide) groups is 1. The predicted molar refractivity (Wildman–Crippen MR) is 94.8 cm³/mol. The van der Waals surface area contributed by atoms with E-state index in [9.17, 15) is 4.79 Å². The van der Waals surface area contributed by atoms with Crippen LogP contribution < -0.4 is 0 Å². The molecule has 0 saturated carbocycles. The summed E-state index contributed by atoms with van der Waals surface area (Å²) in [7, 11) is 1.86. The molecule has 1 aromatic rings. The molecule has 1 heterocycles. The van der Waals surface area contributed by atoms with E-state index in [0.29, 0.717) is 29.9 Å². The maximum Gasteiger partial charge on any atom is 0.233 e. The lowest BCUT2D eigenvalue weighted by atomic mass is 10.2. The summed E-state index contributed by atoms with van der Waals surface area (Å²) >= 11 is 1.38. The molecule has 0 N–H and O–H groups in total. The average Bonchev–Trinajstić information content (AvgIpc) is 2.85. The molecule has 24 heavy (non-hydrogen) atoms. The number of nitrogens with zero attached hydrogens (tertiary/aromatic N) is 4. The number of ether oxygens (including phenoxy) is 2. The number of hydrogen-bond acceptors (Lipinski definition) is 6. The maximum absolute atomic E-state index is 12.5. The number of aromatic nitrogens is 3. The van der Waals surface area contributed by atoms with Crippen LogP contribution in [0.3, 0.4) is 0 Å². The van der Waals surface area contributed by atoms with Gasteiger partial charge in [-0.1, -0.05) is 11.8 Å². The number of rotatable bonds is 10. The van der Waals surface area contributed by atoms with E-state index < -0.39 is 6.29 Å². The molecule has 0 aliphatic heterocycles. The summed E-state index contributed by atoms with van der Waals surface area (Å²) in [6.45, 7) is 13.0. The van der Waals surface area contributed by atoms with Crippen molar-refractivity contribution in [2.24, 2.45) is 7.05 Å². The maximum atomic E-state index is 12.5. The molecule has 0 fully saturated rings. The van der Waals surface area contributed by atoms with Crippen molar-refractivity contribution < 1.29 is 14.3 Å². The molecule has 0 aliphatic carbocycles. The minimum Gasteiger partial charge on any atom is -0.346 e. The summed E-state index contributed by atoms with van der Waals surface area (Å²) in [5, 5.41) is 9.01. The van der Waals surface area contributed by atoms with Crippen LogP contribution in [0.2, 0.25) is 0 Å². The molecule has 0 aliphatic rings. The van der Waals surface area contributed by atoms with Gasteiger partial charge in [-0.25, -0.2) is 0 Å². The van der Waals surface area contributed by atoms with Gasteiger partial charge in [0.15, 0.2) is 11.0 Å². The van der Waals surface area contributed by atoms with E-state index >= 15 is 0 Å². The van der Waals surface area contributed by atoms with Gasteiger partial charge in [-0.2, -0.15) is 0 Å². The molecule has 138 valence electrons. The first-order chi connectivity index (χ1) is 11.3. The van der Waals surface area contributed by atoms with Crippen molar-refractivity contribution in [2.45, 2.75) is 65.1 Å². The summed E-state index contributed by atoms with van der Waals surface area (Å²) in [5.41, 5.74) is 0. The molecular weight excluding hydrogens is 328 g/mol. The Balaban J connectivity index is 2.78. The van der Waals surface area contributed by atoms with Crippen molar-refractivity contribution in [2.75, 3.05) is 19.0 Å². The summed E-state index contributed by atoms with van der Waals surface area (Å²) in [6.07, 6.45) is -0.537. The summed E-state index contributed by atoms with van der Waals surface area (Å²) in [4.78, 5) is 14.3. The molecule has 0 bridgehead atoms. The van der Waals surface area contributed by atoms with E-state index in [4.69, 9.17) is 9.47 Å². The fourth-order valence-electron chi connectivity index (χ4n) is 2.53. The Bertz CT molecular complexity index is 505. The minimum atomic E-state index is -0.537. The number of hydrogen-bond donors (Lipinski definition) is 0. The molecule has 0 spiro atoms. The number of carbonyl (C=O) groups is 1. The van der Waals surface area contributed by atoms with Gasteiger partial charge in [0, 0.05) is 32.3 Å². The second-order valence-corrected chi connectivity index (χ2v) is 6.86. The van der Waals surface area contributed by atoms with Crippen LogP contribution in [0.25, 0.3) is 0 Å². The van der Waals surface area contributed by atoms with Crippen molar-refractivity contribution in [1.29, 1.82) is 0 Å². The number of carbonyl (C=O) groups excluding carboxylic acids is 1. The van der Waals surface area contributed by atoms with Gasteiger partial charge < -0.3 is 18.9 Å². The fourth-order valence-corrected chi connectivity index (χ4v) is 3.32. The van der Waals surface area contributed by atoms with Gasteiger partial charge in [0.05, 0.1) is 5.75 Å². The van der Waals surface area contributed by atoms with Gasteiger partial charge in [-0.05, 0) is 41.5 Å². The third-order valence-corrected chi connectivity index (χ3v) is 4.45. The lowest BCUT2D eigenvalue weighted by Crippen LogP contribution is -2.43. The first-order valence-corrected chi connectivity index (χ1v) is 9.38. The van der Waals surface area contributed by atoms with Gasteiger partial charge in [-0.15, -0.1) is 10.2 Å². The van der Waals surface area contributed by atoms with Crippen molar-refractivity contribution in [3.63, 3.8) is 0 Å². The topological polar surface area (TPSA) is 69.5 Å². The Morgan fingerprint density at radius 3 is 2.12 bits per heavy atom. The van der Waals surface area contributed by atoms with E-state index in [1.807, 2.05) is 58.1 Å². The van der Waals surface area contributed by atoms with Crippen LogP contribution in [0.15, 0.2) is 5.16 Å². The van der Waals surface area contributed by atoms with Gasteiger partial charge in [0.2, 0.25) is 12.2 Å². The van der Waals surface area contributed by atoms with Gasteiger partial charge in [-0.3, -0.25) is 4.79 Å². The third kappa shape index (κ3) is 5.46. The highest BCUT2D eigenvalue weighted by Crippen LogP contribution is 2.23. The van der Waals surface area contributed by atoms with Crippen LogP contribution in [0, 0.1) is 0 Å². The summed E-state index contributed by atoms with van der Waals surface area (Å²) in [5.74, 6) is 1.04. The van der Waals surface area contributed by atoms with Crippen molar-refractivity contribution in [1.82, 2.24) is 19.7 Å². The van der Waals surface area contributed by atoms with Gasteiger partial charge in [0.1, 0.15) is 0 Å². The predicted octanol–water partition coefficient (Wildman–Crippen LogP) is 2.62. The lowest BCUT2D eigenvalue weighted by molar-refractivity contribution is -0.146. The Hall–Kier alpha value is -1.12. The van der Waals surface area contributed by atoms with Crippen LogP contribution in [-0.2, 0) is 21.3 Å². The lowest BCUT2D eigenvalue weighted by Gasteiger charge is -2.30. The monoisotopic (exact) mass is 358 g/mol. The molecule has 7 nitrogen and oxygen atoms in total. The van der Waals surface area contributed by atoms with Crippen LogP contribution in [0.1, 0.15) is 53.7 Å². The highest BCUT2D eigenvalue weighted by Gasteiger charge is 2.23. The first-order valence-electron chi connectivity index (χ1n) is 8.39. The largest absolute Gasteiger partial charge is 0.346 e. The Kier molecular flexibility index (Phi) is 8.72. The zero-order valence-electron chi connectivity index (χ0n) is 15.8. The van der Waals surface area contributed by atoms with E-state index in [1.165, 1.54) is 11.8 Å². The smallest absolute Gasteiger partial charge is 0.233 e. The van der Waals surface area contributed by atoms with Crippen molar-refractivity contribution >= 4 is 17.7 Å². The standard InChI is InChI=1S/C16H30N4O3S/c1-8-22-15(23-9-2)14-17-18-16(19(14)7)24-10-13(21)20(11(3)4)12(5)6/h11-12,15H,8-10H2,1-7H3. The highest BCUT2D eigenvalue weighted by atomic mass is 32.2. The summed E-state index contributed by atoms with van der Waals surface area (Å²) in [6, 6.07) is 0.349. The minimum absolute atomic E-state index is 0.0979. The molecule has 1 rings (SSSR count). The molecule has 0 atom stereocenters. The SMILES string of the molecule is CCOC(OCC)c1nnc(SCC(=O)N(C(C)C)C(C)C)n1C. The van der Waals surface area contributed by atoms with E-state index in [0.717, 1.165) is 0 Å². The second kappa shape index (κ2) is 10.0. The third-order valence-electron chi connectivity index (χ3n) is 3.44. The van der Waals surface area contributed by atoms with E-state index in [2.05, 4.69) is 10.2 Å². The van der Waals surface area contributed by atoms with Crippen LogP contribution in [0.4, 0.5) is 0 Å². The molecule has 0 aromatic carbocycles. The molecular formula is C16H30N4O3S. The Morgan fingerprint density at radius 1 is 1.12 bits per heavy atom. The van der Waals surface area contributed by atoms with Crippen LogP contribution in [0.5, 0.6) is 0 Å². The van der Waals surface area contributed by atoms with E-state index in [1.54, 1.807) is 0 Å². The Morgan fingerprint density at radius 2 is 1.67 bits per heavy atom. The summed E-state index contributed by atoms with van der Waals surface area (Å²) < 4.78 is 12.9. The molecule has 0 saturated heterocycles. The molecule has 1 amide bonds. The van der Waals surface area contributed by atoms with E-state index in [-0.39, 0.29) is 18.0 Å². The molecule has 0 radical (unpaired) electrons. The zero-order valence-corrected chi connectivity index (χ0v) is 16.6. The number of amides is 1. The van der Waals surface area contributed by atoms with Gasteiger partial charge in [0.25, 0.3) is 0 Å². The van der Waals surface area contributed by atoms with Crippen molar-refractivity contribution in [3.8, 4) is 0 Å². The molecule has 1 aromatic heterocycles. The molecule has 8 heteroatoms.